The summed E-state index contributed by atoms with van der Waals surface area (Å²) in [5.74, 6) is 2.49. The van der Waals surface area contributed by atoms with Gasteiger partial charge in [-0.3, -0.25) is 14.4 Å². The lowest BCUT2D eigenvalue weighted by Crippen LogP contribution is -2.55. The fraction of sp³-hybridized carbons (Fsp3) is 0.514. The number of benzene rings is 2. The van der Waals surface area contributed by atoms with Crippen LogP contribution in [0.2, 0.25) is 0 Å². The molecule has 5 rings (SSSR count). The Bertz CT molecular complexity index is 1450. The van der Waals surface area contributed by atoms with E-state index in [0.717, 1.165) is 24.2 Å². The molecule has 0 saturated heterocycles. The van der Waals surface area contributed by atoms with Crippen LogP contribution in [0.4, 0.5) is 0 Å². The van der Waals surface area contributed by atoms with Crippen molar-refractivity contribution in [2.45, 2.75) is 63.2 Å². The highest BCUT2D eigenvalue weighted by Crippen LogP contribution is 2.50. The molecule has 2 bridgehead atoms. The number of fused-ring (bicyclic) bond motifs is 2. The van der Waals surface area contributed by atoms with Crippen LogP contribution in [0.3, 0.4) is 0 Å². The van der Waals surface area contributed by atoms with Gasteiger partial charge < -0.3 is 34.6 Å². The van der Waals surface area contributed by atoms with E-state index in [1.165, 1.54) is 20.0 Å². The summed E-state index contributed by atoms with van der Waals surface area (Å²) in [6, 6.07) is 10.1. The van der Waals surface area contributed by atoms with Gasteiger partial charge in [-0.2, -0.15) is 0 Å². The summed E-state index contributed by atoms with van der Waals surface area (Å²) < 4.78 is 17.9. The highest BCUT2D eigenvalue weighted by atomic mass is 127. The van der Waals surface area contributed by atoms with E-state index in [2.05, 4.69) is 5.32 Å². The minimum Gasteiger partial charge on any atom is -0.497 e. The van der Waals surface area contributed by atoms with Crippen LogP contribution in [-0.2, 0) is 16.0 Å². The number of hydrogen-bond acceptors (Lipinski definition) is 8. The Morgan fingerprint density at radius 3 is 2.63 bits per heavy atom. The molecule has 0 radical (unpaired) electrons. The Kier molecular flexibility index (Phi) is 11.6. The summed E-state index contributed by atoms with van der Waals surface area (Å²) in [7, 11) is 3.08. The highest BCUT2D eigenvalue weighted by molar-refractivity contribution is 14.1. The third kappa shape index (κ3) is 7.86. The molecule has 11 heteroatoms. The molecule has 3 aliphatic rings. The first kappa shape index (κ1) is 34.2. The first-order chi connectivity index (χ1) is 22.2. The van der Waals surface area contributed by atoms with Gasteiger partial charge in [0.1, 0.15) is 24.2 Å². The van der Waals surface area contributed by atoms with Crippen LogP contribution in [0, 0.1) is 21.3 Å². The molecule has 3 N–H and O–H groups in total. The number of methoxy groups -OCH3 is 2. The first-order valence-electron chi connectivity index (χ1n) is 15.9. The van der Waals surface area contributed by atoms with E-state index < -0.39 is 24.2 Å². The number of carbonyl (C=O) groups excluding carboxylic acids is 3. The summed E-state index contributed by atoms with van der Waals surface area (Å²) in [5, 5.41) is 24.0. The number of nitrogens with zero attached hydrogens (tertiary/aromatic N) is 1. The maximum absolute atomic E-state index is 14.2. The van der Waals surface area contributed by atoms with E-state index in [0.29, 0.717) is 69.6 Å². The van der Waals surface area contributed by atoms with Crippen LogP contribution in [0.15, 0.2) is 48.0 Å². The largest absolute Gasteiger partial charge is 0.497 e. The van der Waals surface area contributed by atoms with Gasteiger partial charge in [0.05, 0.1) is 30.4 Å². The molecule has 0 spiro atoms. The number of halogens is 1. The average molecular weight is 747 g/mol. The Morgan fingerprint density at radius 1 is 1.13 bits per heavy atom. The fourth-order valence-corrected chi connectivity index (χ4v) is 8.11. The molecule has 2 fully saturated rings. The van der Waals surface area contributed by atoms with Crippen molar-refractivity contribution < 1.29 is 38.8 Å². The van der Waals surface area contributed by atoms with Crippen molar-refractivity contribution in [2.24, 2.45) is 17.8 Å². The molecule has 10 nitrogen and oxygen atoms in total. The second kappa shape index (κ2) is 15.6. The van der Waals surface area contributed by atoms with E-state index in [4.69, 9.17) is 14.2 Å². The number of nitrogens with one attached hydrogen (secondary N) is 1. The van der Waals surface area contributed by atoms with Gasteiger partial charge in [-0.05, 0) is 102 Å². The number of aliphatic hydroxyl groups excluding tert-OH is 2. The second-order valence-corrected chi connectivity index (χ2v) is 13.7. The Labute approximate surface area is 283 Å². The van der Waals surface area contributed by atoms with Gasteiger partial charge >= 0.3 is 0 Å². The van der Waals surface area contributed by atoms with E-state index in [1.807, 2.05) is 46.9 Å². The average Bonchev–Trinajstić information content (AvgIpc) is 3.69. The fourth-order valence-electron chi connectivity index (χ4n) is 7.36. The summed E-state index contributed by atoms with van der Waals surface area (Å²) in [6.07, 6.45) is 5.82. The summed E-state index contributed by atoms with van der Waals surface area (Å²) in [5.41, 5.74) is 1.75. The zero-order chi connectivity index (χ0) is 32.8. The van der Waals surface area contributed by atoms with Gasteiger partial charge in [-0.15, -0.1) is 0 Å². The molecule has 46 heavy (non-hydrogen) atoms. The monoisotopic (exact) mass is 746 g/mol. The zero-order valence-electron chi connectivity index (χ0n) is 26.3. The summed E-state index contributed by atoms with van der Waals surface area (Å²) in [4.78, 5) is 40.7. The summed E-state index contributed by atoms with van der Waals surface area (Å²) >= 11 is 2.04. The smallest absolute Gasteiger partial charge is 0.247 e. The zero-order valence-corrected chi connectivity index (χ0v) is 28.5. The maximum Gasteiger partial charge on any atom is 0.247 e. The topological polar surface area (TPSA) is 135 Å². The number of aldehydes is 1. The van der Waals surface area contributed by atoms with E-state index >= 15 is 0 Å². The number of rotatable bonds is 14. The molecule has 3 aliphatic carbocycles. The van der Waals surface area contributed by atoms with Gasteiger partial charge in [-0.25, -0.2) is 0 Å². The predicted molar refractivity (Wildman–Crippen MR) is 180 cm³/mol. The molecule has 3 unspecified atom stereocenters. The molecule has 2 aromatic carbocycles. The third-order valence-corrected chi connectivity index (χ3v) is 10.5. The summed E-state index contributed by atoms with van der Waals surface area (Å²) in [6.45, 7) is 0.177. The minimum absolute atomic E-state index is 0.0391. The Hall–Kier alpha value is -3.16. The van der Waals surface area contributed by atoms with Crippen molar-refractivity contribution in [1.82, 2.24) is 10.2 Å². The minimum atomic E-state index is -1.17. The lowest BCUT2D eigenvalue weighted by molar-refractivity contribution is -0.140. The molecule has 6 atom stereocenters. The van der Waals surface area contributed by atoms with Crippen molar-refractivity contribution in [3.05, 3.63) is 62.7 Å². The molecular weight excluding hydrogens is 703 g/mol. The molecule has 2 saturated carbocycles. The molecular formula is C35H43IN2O8. The Balaban J connectivity index is 1.47. The van der Waals surface area contributed by atoms with Crippen molar-refractivity contribution in [3.8, 4) is 17.2 Å². The van der Waals surface area contributed by atoms with Crippen LogP contribution >= 0.6 is 22.6 Å². The molecule has 2 aromatic rings. The van der Waals surface area contributed by atoms with Crippen molar-refractivity contribution in [1.29, 1.82) is 0 Å². The van der Waals surface area contributed by atoms with Crippen molar-refractivity contribution in [3.63, 3.8) is 0 Å². The lowest BCUT2D eigenvalue weighted by atomic mass is 9.84. The number of aliphatic hydroxyl groups is 2. The van der Waals surface area contributed by atoms with Crippen LogP contribution in [0.25, 0.3) is 0 Å². The maximum atomic E-state index is 14.2. The van der Waals surface area contributed by atoms with Crippen LogP contribution in [0.5, 0.6) is 17.2 Å². The van der Waals surface area contributed by atoms with Crippen LogP contribution < -0.4 is 19.5 Å². The van der Waals surface area contributed by atoms with E-state index in [1.54, 1.807) is 30.2 Å². The quantitative estimate of drug-likeness (QED) is 0.196. The van der Waals surface area contributed by atoms with Gasteiger partial charge in [0.25, 0.3) is 0 Å². The predicted octanol–water partition coefficient (Wildman–Crippen LogP) is 3.93. The second-order valence-electron chi connectivity index (χ2n) is 12.5. The number of amides is 2. The van der Waals surface area contributed by atoms with Gasteiger partial charge in [0.15, 0.2) is 11.5 Å². The SMILES string of the molecule is COc1cccc(CCN(C(=O)CC2CC3CCC2C3)[C@@H]2CC(C(=O)NCCO)=C[C@H](Oc3c(I)cc(C=O)cc3OC)[C@H]2O)c1. The Morgan fingerprint density at radius 2 is 1.96 bits per heavy atom. The van der Waals surface area contributed by atoms with Gasteiger partial charge in [-0.1, -0.05) is 18.6 Å². The number of ether oxygens (including phenoxy) is 3. The molecule has 0 aromatic heterocycles. The molecule has 0 heterocycles. The lowest BCUT2D eigenvalue weighted by Gasteiger charge is -2.41. The molecule has 0 aliphatic heterocycles. The normalized spacial score (nSPS) is 25.0. The highest BCUT2D eigenvalue weighted by Gasteiger charge is 2.44. The van der Waals surface area contributed by atoms with Crippen LogP contribution in [-0.4, -0.2) is 85.4 Å². The standard InChI is InChI=1S/C35H43IN2O8/c1-44-27-5-3-4-21(14-27)8-10-38(32(41)19-25-13-22-6-7-24(25)12-22)29-17-26(35(43)37-9-11-39)18-30(33(29)42)46-34-28(36)15-23(20-40)16-31(34)45-2/h3-5,14-16,18,20,22,24-25,29-30,33,39,42H,6-13,17,19H2,1-2H3,(H,37,43)/t22?,24?,25?,29-,30+,33+/m1/s1. The first-order valence-corrected chi connectivity index (χ1v) is 17.0. The van der Waals surface area contributed by atoms with Gasteiger partial charge in [0, 0.05) is 37.1 Å². The van der Waals surface area contributed by atoms with Crippen LogP contribution in [0.1, 0.15) is 54.4 Å². The van der Waals surface area contributed by atoms with E-state index in [9.17, 15) is 24.6 Å². The number of carbonyl (C=O) groups is 3. The van der Waals surface area contributed by atoms with Gasteiger partial charge in [0.2, 0.25) is 11.8 Å². The molecule has 2 amide bonds. The third-order valence-electron chi connectivity index (χ3n) is 9.67. The van der Waals surface area contributed by atoms with E-state index in [-0.39, 0.29) is 25.5 Å². The van der Waals surface area contributed by atoms with Crippen molar-refractivity contribution in [2.75, 3.05) is 33.9 Å². The number of hydrogen-bond donors (Lipinski definition) is 3. The molecule has 248 valence electrons. The van der Waals surface area contributed by atoms with Crippen molar-refractivity contribution >= 4 is 40.7 Å².